The molecule has 1 aromatic rings. The highest BCUT2D eigenvalue weighted by atomic mass is 16.5. The number of carbonyl (C=O) groups excluding carboxylic acids is 1. The van der Waals surface area contributed by atoms with Crippen LogP contribution in [0.4, 0.5) is 0 Å². The van der Waals surface area contributed by atoms with Gasteiger partial charge in [-0.2, -0.15) is 0 Å². The van der Waals surface area contributed by atoms with Crippen LogP contribution in [0.25, 0.3) is 0 Å². The summed E-state index contributed by atoms with van der Waals surface area (Å²) in [4.78, 5) is 11.7. The molecule has 1 aliphatic carbocycles. The van der Waals surface area contributed by atoms with Crippen molar-refractivity contribution in [3.63, 3.8) is 0 Å². The zero-order chi connectivity index (χ0) is 10.5. The quantitative estimate of drug-likeness (QED) is 0.691. The summed E-state index contributed by atoms with van der Waals surface area (Å²) in [6, 6.07) is 9.89. The Morgan fingerprint density at radius 3 is 2.80 bits per heavy atom. The fraction of sp³-hybridized carbons (Fsp3) is 0.462. The van der Waals surface area contributed by atoms with Crippen molar-refractivity contribution in [2.24, 2.45) is 0 Å². The summed E-state index contributed by atoms with van der Waals surface area (Å²) in [5, 5.41) is 0. The second kappa shape index (κ2) is 4.96. The Labute approximate surface area is 90.3 Å². The highest BCUT2D eigenvalue weighted by Gasteiger charge is 2.18. The third kappa shape index (κ3) is 2.82. The maximum atomic E-state index is 11.7. The van der Waals surface area contributed by atoms with Crippen molar-refractivity contribution in [3.8, 4) is 0 Å². The van der Waals surface area contributed by atoms with Gasteiger partial charge in [0.2, 0.25) is 0 Å². The van der Waals surface area contributed by atoms with Crippen LogP contribution in [0.1, 0.15) is 42.5 Å². The van der Waals surface area contributed by atoms with Gasteiger partial charge in [0.15, 0.2) is 0 Å². The molecule has 0 saturated heterocycles. The average Bonchev–Trinajstić information content (AvgIpc) is 2.31. The fourth-order valence-corrected chi connectivity index (χ4v) is 1.92. The molecule has 0 N–H and O–H groups in total. The van der Waals surface area contributed by atoms with Crippen LogP contribution < -0.4 is 0 Å². The van der Waals surface area contributed by atoms with Gasteiger partial charge in [0.1, 0.15) is 6.10 Å². The first-order valence-corrected chi connectivity index (χ1v) is 5.53. The minimum atomic E-state index is -0.209. The van der Waals surface area contributed by atoms with Gasteiger partial charge in [-0.15, -0.1) is 0 Å². The predicted molar refractivity (Wildman–Crippen MR) is 57.6 cm³/mol. The van der Waals surface area contributed by atoms with E-state index in [-0.39, 0.29) is 12.1 Å². The van der Waals surface area contributed by atoms with E-state index in [0.29, 0.717) is 5.56 Å². The lowest BCUT2D eigenvalue weighted by Crippen LogP contribution is -2.20. The van der Waals surface area contributed by atoms with Crippen molar-refractivity contribution in [3.05, 3.63) is 35.9 Å². The van der Waals surface area contributed by atoms with Crippen molar-refractivity contribution in [1.82, 2.24) is 0 Å². The van der Waals surface area contributed by atoms with Crippen LogP contribution in [0.15, 0.2) is 24.3 Å². The van der Waals surface area contributed by atoms with E-state index in [0.717, 1.165) is 12.8 Å². The number of ether oxygens (including phenoxy) is 1. The number of rotatable bonds is 2. The molecule has 1 aliphatic rings. The first-order valence-electron chi connectivity index (χ1n) is 5.53. The summed E-state index contributed by atoms with van der Waals surface area (Å²) in [6.07, 6.45) is 5.79. The van der Waals surface area contributed by atoms with Gasteiger partial charge in [0.25, 0.3) is 0 Å². The Morgan fingerprint density at radius 2 is 2.13 bits per heavy atom. The van der Waals surface area contributed by atoms with Gasteiger partial charge < -0.3 is 4.74 Å². The molecule has 1 saturated carbocycles. The molecule has 0 aromatic heterocycles. The topological polar surface area (TPSA) is 26.3 Å². The fourth-order valence-electron chi connectivity index (χ4n) is 1.92. The SMILES string of the molecule is O=C(OC1CCCCC1)c1c[c]ccc1. The normalized spacial score (nSPS) is 17.3. The monoisotopic (exact) mass is 203 g/mol. The van der Waals surface area contributed by atoms with Crippen LogP contribution in [0, 0.1) is 6.07 Å². The number of hydrogen-bond acceptors (Lipinski definition) is 2. The summed E-state index contributed by atoms with van der Waals surface area (Å²) >= 11 is 0. The van der Waals surface area contributed by atoms with E-state index in [1.54, 1.807) is 24.3 Å². The van der Waals surface area contributed by atoms with Gasteiger partial charge in [0, 0.05) is 0 Å². The largest absolute Gasteiger partial charge is 0.459 e. The van der Waals surface area contributed by atoms with Gasteiger partial charge >= 0.3 is 5.97 Å². The van der Waals surface area contributed by atoms with Crippen LogP contribution in [-0.2, 0) is 4.74 Å². The maximum absolute atomic E-state index is 11.7. The Morgan fingerprint density at radius 1 is 1.33 bits per heavy atom. The molecule has 0 atom stereocenters. The lowest BCUT2D eigenvalue weighted by atomic mass is 9.98. The summed E-state index contributed by atoms with van der Waals surface area (Å²) in [5.74, 6) is -0.209. The van der Waals surface area contributed by atoms with Crippen molar-refractivity contribution < 1.29 is 9.53 Å². The molecule has 0 spiro atoms. The molecule has 0 bridgehead atoms. The van der Waals surface area contributed by atoms with Gasteiger partial charge in [0.05, 0.1) is 5.56 Å². The summed E-state index contributed by atoms with van der Waals surface area (Å²) < 4.78 is 5.42. The van der Waals surface area contributed by atoms with Gasteiger partial charge in [-0.05, 0) is 43.9 Å². The molecule has 2 rings (SSSR count). The summed E-state index contributed by atoms with van der Waals surface area (Å²) in [5.41, 5.74) is 0.600. The molecule has 2 heteroatoms. The van der Waals surface area contributed by atoms with Crippen molar-refractivity contribution in [2.45, 2.75) is 38.2 Å². The molecule has 1 radical (unpaired) electrons. The average molecular weight is 203 g/mol. The minimum absolute atomic E-state index is 0.131. The predicted octanol–water partition coefficient (Wildman–Crippen LogP) is 2.98. The zero-order valence-corrected chi connectivity index (χ0v) is 8.74. The van der Waals surface area contributed by atoms with Gasteiger partial charge in [-0.3, -0.25) is 0 Å². The molecule has 79 valence electrons. The smallest absolute Gasteiger partial charge is 0.338 e. The van der Waals surface area contributed by atoms with Crippen LogP contribution in [0.5, 0.6) is 0 Å². The summed E-state index contributed by atoms with van der Waals surface area (Å²) in [6.45, 7) is 0. The molecule has 0 unspecified atom stereocenters. The lowest BCUT2D eigenvalue weighted by Gasteiger charge is -2.21. The maximum Gasteiger partial charge on any atom is 0.338 e. The number of benzene rings is 1. The summed E-state index contributed by atoms with van der Waals surface area (Å²) in [7, 11) is 0. The van der Waals surface area contributed by atoms with Crippen LogP contribution in [-0.4, -0.2) is 12.1 Å². The Hall–Kier alpha value is -1.31. The Balaban J connectivity index is 1.91. The highest BCUT2D eigenvalue weighted by Crippen LogP contribution is 2.21. The van der Waals surface area contributed by atoms with E-state index >= 15 is 0 Å². The third-order valence-electron chi connectivity index (χ3n) is 2.77. The van der Waals surface area contributed by atoms with Crippen molar-refractivity contribution in [2.75, 3.05) is 0 Å². The van der Waals surface area contributed by atoms with E-state index in [1.807, 2.05) is 0 Å². The molecule has 2 nitrogen and oxygen atoms in total. The molecule has 1 fully saturated rings. The minimum Gasteiger partial charge on any atom is -0.459 e. The van der Waals surface area contributed by atoms with Crippen molar-refractivity contribution in [1.29, 1.82) is 0 Å². The molecule has 15 heavy (non-hydrogen) atoms. The van der Waals surface area contributed by atoms with E-state index < -0.39 is 0 Å². The molecule has 0 heterocycles. The second-order valence-electron chi connectivity index (χ2n) is 3.96. The van der Waals surface area contributed by atoms with E-state index in [2.05, 4.69) is 6.07 Å². The number of hydrogen-bond donors (Lipinski definition) is 0. The van der Waals surface area contributed by atoms with Crippen molar-refractivity contribution >= 4 is 5.97 Å². The molecular weight excluding hydrogens is 188 g/mol. The van der Waals surface area contributed by atoms with E-state index in [1.165, 1.54) is 19.3 Å². The lowest BCUT2D eigenvalue weighted by molar-refractivity contribution is 0.0211. The van der Waals surface area contributed by atoms with E-state index in [9.17, 15) is 4.79 Å². The number of carbonyl (C=O) groups is 1. The van der Waals surface area contributed by atoms with Gasteiger partial charge in [-0.1, -0.05) is 18.6 Å². The molecule has 0 amide bonds. The Bertz CT molecular complexity index is 313. The third-order valence-corrected chi connectivity index (χ3v) is 2.77. The van der Waals surface area contributed by atoms with Crippen LogP contribution >= 0.6 is 0 Å². The zero-order valence-electron chi connectivity index (χ0n) is 8.74. The standard InChI is InChI=1S/C13H15O2/c14-13(11-7-3-1-4-8-11)15-12-9-5-2-6-10-12/h1,3,7-8,12H,2,5-6,9-10H2. The van der Waals surface area contributed by atoms with Crippen LogP contribution in [0.3, 0.4) is 0 Å². The highest BCUT2D eigenvalue weighted by molar-refractivity contribution is 5.89. The Kier molecular flexibility index (Phi) is 3.38. The van der Waals surface area contributed by atoms with Crippen LogP contribution in [0.2, 0.25) is 0 Å². The molecule has 1 aromatic carbocycles. The van der Waals surface area contributed by atoms with Gasteiger partial charge in [-0.25, -0.2) is 4.79 Å². The first-order chi connectivity index (χ1) is 7.36. The first kappa shape index (κ1) is 10.2. The molecular formula is C13H15O2. The van der Waals surface area contributed by atoms with E-state index in [4.69, 9.17) is 4.74 Å². The molecule has 0 aliphatic heterocycles. The number of esters is 1. The second-order valence-corrected chi connectivity index (χ2v) is 3.96.